The first kappa shape index (κ1) is 13.2. The maximum Gasteiger partial charge on any atom is 0.324 e. The maximum absolute atomic E-state index is 12.4. The fourth-order valence-electron chi connectivity index (χ4n) is 3.54. The molecule has 1 saturated heterocycles. The Morgan fingerprint density at radius 2 is 2.15 bits per heavy atom. The van der Waals surface area contributed by atoms with E-state index in [1.165, 1.54) is 0 Å². The van der Waals surface area contributed by atoms with Gasteiger partial charge in [0.05, 0.1) is 6.61 Å². The van der Waals surface area contributed by atoms with Crippen LogP contribution in [-0.4, -0.2) is 18.5 Å². The van der Waals surface area contributed by atoms with Crippen molar-refractivity contribution in [1.29, 1.82) is 0 Å². The van der Waals surface area contributed by atoms with E-state index in [-0.39, 0.29) is 18.6 Å². The van der Waals surface area contributed by atoms with Crippen molar-refractivity contribution in [3.8, 4) is 0 Å². The number of benzene rings is 1. The van der Waals surface area contributed by atoms with Crippen molar-refractivity contribution in [3.05, 3.63) is 35.9 Å². The van der Waals surface area contributed by atoms with Gasteiger partial charge in [-0.15, -0.1) is 0 Å². The van der Waals surface area contributed by atoms with Gasteiger partial charge in [0.25, 0.3) is 0 Å². The Hall–Kier alpha value is -1.84. The van der Waals surface area contributed by atoms with Crippen molar-refractivity contribution in [2.24, 2.45) is 11.3 Å². The number of cyclic esters (lactones) is 1. The van der Waals surface area contributed by atoms with Crippen molar-refractivity contribution >= 4 is 11.9 Å². The van der Waals surface area contributed by atoms with Gasteiger partial charge in [0.1, 0.15) is 6.10 Å². The van der Waals surface area contributed by atoms with E-state index in [0.29, 0.717) is 6.42 Å². The van der Waals surface area contributed by atoms with Gasteiger partial charge >= 0.3 is 11.9 Å². The molecule has 20 heavy (non-hydrogen) atoms. The van der Waals surface area contributed by atoms with E-state index in [1.807, 2.05) is 30.3 Å². The van der Waals surface area contributed by atoms with Crippen LogP contribution in [0.2, 0.25) is 0 Å². The highest BCUT2D eigenvalue weighted by atomic mass is 16.6. The molecule has 4 nitrogen and oxygen atoms in total. The molecule has 1 aliphatic heterocycles. The molecule has 2 fully saturated rings. The van der Waals surface area contributed by atoms with Gasteiger partial charge in [0.15, 0.2) is 5.41 Å². The Labute approximate surface area is 118 Å². The average Bonchev–Trinajstić information content (AvgIpc) is 3.01. The van der Waals surface area contributed by atoms with E-state index in [4.69, 9.17) is 9.47 Å². The number of carbonyl (C=O) groups excluding carboxylic acids is 2. The summed E-state index contributed by atoms with van der Waals surface area (Å²) in [6.07, 6.45) is 1.90. The van der Waals surface area contributed by atoms with Gasteiger partial charge in [0, 0.05) is 5.92 Å². The quantitative estimate of drug-likeness (QED) is 0.628. The third-order valence-electron chi connectivity index (χ3n) is 4.45. The predicted molar refractivity (Wildman–Crippen MR) is 71.7 cm³/mol. The Balaban J connectivity index is 1.96. The molecule has 106 valence electrons. The first-order valence-corrected chi connectivity index (χ1v) is 7.13. The summed E-state index contributed by atoms with van der Waals surface area (Å²) in [5, 5.41) is 0. The van der Waals surface area contributed by atoms with Crippen molar-refractivity contribution in [2.45, 2.75) is 32.3 Å². The van der Waals surface area contributed by atoms with E-state index in [9.17, 15) is 9.59 Å². The van der Waals surface area contributed by atoms with Crippen molar-refractivity contribution < 1.29 is 19.1 Å². The molecule has 1 aromatic carbocycles. The summed E-state index contributed by atoms with van der Waals surface area (Å²) in [6, 6.07) is 9.65. The van der Waals surface area contributed by atoms with Gasteiger partial charge in [-0.05, 0) is 25.3 Å². The third kappa shape index (κ3) is 1.74. The first-order valence-electron chi connectivity index (χ1n) is 7.13. The van der Waals surface area contributed by atoms with Gasteiger partial charge in [-0.1, -0.05) is 36.8 Å². The molecule has 0 bridgehead atoms. The van der Waals surface area contributed by atoms with Gasteiger partial charge in [0.2, 0.25) is 0 Å². The highest BCUT2D eigenvalue weighted by Gasteiger charge is 2.65. The number of esters is 2. The number of fused-ring (bicyclic) bond motifs is 1. The summed E-state index contributed by atoms with van der Waals surface area (Å²) >= 11 is 0. The van der Waals surface area contributed by atoms with E-state index >= 15 is 0 Å². The predicted octanol–water partition coefficient (Wildman–Crippen LogP) is 2.63. The van der Waals surface area contributed by atoms with Crippen LogP contribution < -0.4 is 0 Å². The van der Waals surface area contributed by atoms with Crippen LogP contribution in [0.25, 0.3) is 0 Å². The van der Waals surface area contributed by atoms with Gasteiger partial charge in [-0.3, -0.25) is 9.59 Å². The lowest BCUT2D eigenvalue weighted by Crippen LogP contribution is -2.39. The molecule has 1 saturated carbocycles. The molecule has 0 spiro atoms. The normalized spacial score (nSPS) is 31.8. The van der Waals surface area contributed by atoms with Crippen LogP contribution in [-0.2, 0) is 19.1 Å². The molecular weight excluding hydrogens is 256 g/mol. The molecule has 3 rings (SSSR count). The number of ether oxygens (including phenoxy) is 2. The fraction of sp³-hybridized carbons (Fsp3) is 0.500. The minimum absolute atomic E-state index is 0.101. The molecule has 1 heterocycles. The molecule has 0 N–H and O–H groups in total. The summed E-state index contributed by atoms with van der Waals surface area (Å²) < 4.78 is 10.7. The molecule has 0 unspecified atom stereocenters. The van der Waals surface area contributed by atoms with Gasteiger partial charge in [-0.25, -0.2) is 0 Å². The van der Waals surface area contributed by atoms with Crippen LogP contribution in [0.4, 0.5) is 0 Å². The highest BCUT2D eigenvalue weighted by Crippen LogP contribution is 2.57. The fourth-order valence-corrected chi connectivity index (χ4v) is 3.54. The largest absolute Gasteiger partial charge is 0.465 e. The zero-order chi connectivity index (χ0) is 14.2. The number of rotatable bonds is 3. The Morgan fingerprint density at radius 1 is 1.40 bits per heavy atom. The number of carbonyl (C=O) groups is 2. The summed E-state index contributed by atoms with van der Waals surface area (Å²) in [6.45, 7) is 2.05. The second-order valence-corrected chi connectivity index (χ2v) is 5.43. The molecule has 0 aromatic heterocycles. The standard InChI is InChI=1S/C16H18O4/c1-2-19-14(17)16-10-6-9-12(16)13(20-15(16)18)11-7-4-3-5-8-11/h3-5,7-8,12-13H,2,6,9-10H2,1H3/t12-,13-,16-/m1/s1. The minimum atomic E-state index is -1.07. The Kier molecular flexibility index (Phi) is 3.24. The van der Waals surface area contributed by atoms with E-state index in [1.54, 1.807) is 6.92 Å². The zero-order valence-corrected chi connectivity index (χ0v) is 11.5. The van der Waals surface area contributed by atoms with Gasteiger partial charge in [-0.2, -0.15) is 0 Å². The lowest BCUT2D eigenvalue weighted by atomic mass is 9.76. The second-order valence-electron chi connectivity index (χ2n) is 5.43. The lowest BCUT2D eigenvalue weighted by Gasteiger charge is -2.23. The Morgan fingerprint density at radius 3 is 2.85 bits per heavy atom. The lowest BCUT2D eigenvalue weighted by molar-refractivity contribution is -0.165. The van der Waals surface area contributed by atoms with Crippen molar-refractivity contribution in [3.63, 3.8) is 0 Å². The SMILES string of the molecule is CCOC(=O)[C@@]12CCC[C@@H]1[C@@H](c1ccccc1)OC2=O. The zero-order valence-electron chi connectivity index (χ0n) is 11.5. The second kappa shape index (κ2) is 4.93. The summed E-state index contributed by atoms with van der Waals surface area (Å²) in [7, 11) is 0. The maximum atomic E-state index is 12.4. The monoisotopic (exact) mass is 274 g/mol. The van der Waals surface area contributed by atoms with E-state index < -0.39 is 17.4 Å². The molecular formula is C16H18O4. The van der Waals surface area contributed by atoms with Crippen LogP contribution in [0.15, 0.2) is 30.3 Å². The summed E-state index contributed by atoms with van der Waals surface area (Å²) in [4.78, 5) is 24.7. The van der Waals surface area contributed by atoms with E-state index in [2.05, 4.69) is 0 Å². The molecule has 3 atom stereocenters. The topological polar surface area (TPSA) is 52.6 Å². The average molecular weight is 274 g/mol. The van der Waals surface area contributed by atoms with E-state index in [0.717, 1.165) is 18.4 Å². The molecule has 1 aliphatic carbocycles. The number of hydrogen-bond donors (Lipinski definition) is 0. The van der Waals surface area contributed by atoms with Crippen LogP contribution in [0.1, 0.15) is 37.9 Å². The molecule has 0 amide bonds. The van der Waals surface area contributed by atoms with Crippen LogP contribution in [0.3, 0.4) is 0 Å². The molecule has 0 radical (unpaired) electrons. The highest BCUT2D eigenvalue weighted by molar-refractivity contribution is 6.02. The molecule has 4 heteroatoms. The van der Waals surface area contributed by atoms with Crippen LogP contribution in [0.5, 0.6) is 0 Å². The Bertz CT molecular complexity index is 525. The smallest absolute Gasteiger partial charge is 0.324 e. The van der Waals surface area contributed by atoms with Crippen molar-refractivity contribution in [2.75, 3.05) is 6.61 Å². The van der Waals surface area contributed by atoms with Crippen LogP contribution in [0, 0.1) is 11.3 Å². The molecule has 2 aliphatic rings. The molecule has 1 aromatic rings. The van der Waals surface area contributed by atoms with Crippen LogP contribution >= 0.6 is 0 Å². The first-order chi connectivity index (χ1) is 9.70. The summed E-state index contributed by atoms with van der Waals surface area (Å²) in [5.74, 6) is -0.922. The van der Waals surface area contributed by atoms with Crippen molar-refractivity contribution in [1.82, 2.24) is 0 Å². The minimum Gasteiger partial charge on any atom is -0.465 e. The van der Waals surface area contributed by atoms with Gasteiger partial charge < -0.3 is 9.47 Å². The summed E-state index contributed by atoms with van der Waals surface area (Å²) in [5.41, 5.74) is -0.116. The number of hydrogen-bond acceptors (Lipinski definition) is 4. The third-order valence-corrected chi connectivity index (χ3v) is 4.45.